The third-order valence-electron chi connectivity index (χ3n) is 4.71. The summed E-state index contributed by atoms with van der Waals surface area (Å²) in [4.78, 5) is 19.6. The van der Waals surface area contributed by atoms with Crippen molar-refractivity contribution in [1.29, 1.82) is 0 Å². The lowest BCUT2D eigenvalue weighted by atomic mass is 10.1. The molecule has 0 aliphatic carbocycles. The Labute approximate surface area is 179 Å². The highest BCUT2D eigenvalue weighted by molar-refractivity contribution is 5.93. The largest absolute Gasteiger partial charge is 0.493 e. The molecule has 0 saturated carbocycles. The molecule has 8 nitrogen and oxygen atoms in total. The second kappa shape index (κ2) is 11.1. The van der Waals surface area contributed by atoms with Crippen molar-refractivity contribution in [3.8, 4) is 11.5 Å². The number of nitrogens with one attached hydrogen (secondary N) is 2. The molecule has 0 unspecified atom stereocenters. The molecule has 0 spiro atoms. The summed E-state index contributed by atoms with van der Waals surface area (Å²) >= 11 is 0. The zero-order valence-corrected chi connectivity index (χ0v) is 17.2. The van der Waals surface area contributed by atoms with Gasteiger partial charge in [-0.3, -0.25) is 10.0 Å². The highest BCUT2D eigenvalue weighted by Gasteiger charge is 2.12. The van der Waals surface area contributed by atoms with Crippen LogP contribution < -0.4 is 20.3 Å². The molecule has 3 aromatic rings. The molecule has 0 aliphatic heterocycles. The van der Waals surface area contributed by atoms with E-state index in [1.165, 1.54) is 18.5 Å². The van der Waals surface area contributed by atoms with Gasteiger partial charge in [0.25, 0.3) is 0 Å². The van der Waals surface area contributed by atoms with Crippen LogP contribution in [-0.4, -0.2) is 34.8 Å². The van der Waals surface area contributed by atoms with Gasteiger partial charge in [-0.1, -0.05) is 12.8 Å². The van der Waals surface area contributed by atoms with E-state index in [0.29, 0.717) is 48.0 Å². The first-order valence-electron chi connectivity index (χ1n) is 10.0. The Morgan fingerprint density at radius 1 is 1.06 bits per heavy atom. The highest BCUT2D eigenvalue weighted by Crippen LogP contribution is 2.34. The van der Waals surface area contributed by atoms with E-state index < -0.39 is 0 Å². The summed E-state index contributed by atoms with van der Waals surface area (Å²) in [6.07, 6.45) is 5.04. The van der Waals surface area contributed by atoms with Crippen LogP contribution in [0.1, 0.15) is 32.1 Å². The molecule has 0 saturated heterocycles. The number of fused-ring (bicyclic) bond motifs is 1. The van der Waals surface area contributed by atoms with Crippen molar-refractivity contribution in [3.05, 3.63) is 48.5 Å². The number of amides is 1. The standard InChI is InChI=1S/C22H25FN4O4/c1-30-19-13-18-17(12-20(19)31-11-5-3-2-4-6-21(28)27-29)22(25-14-24-18)26-16-9-7-15(23)8-10-16/h7-10,12-14,29H,2-6,11H2,1H3,(H,27,28)(H,24,25,26). The van der Waals surface area contributed by atoms with Gasteiger partial charge in [-0.2, -0.15) is 0 Å². The zero-order valence-electron chi connectivity index (χ0n) is 17.2. The van der Waals surface area contributed by atoms with Crippen LogP contribution in [-0.2, 0) is 4.79 Å². The molecular formula is C22H25FN4O4. The van der Waals surface area contributed by atoms with Crippen LogP contribution in [0.3, 0.4) is 0 Å². The number of hydrogen-bond donors (Lipinski definition) is 3. The average Bonchev–Trinajstić information content (AvgIpc) is 2.79. The Morgan fingerprint density at radius 3 is 2.58 bits per heavy atom. The van der Waals surface area contributed by atoms with Gasteiger partial charge in [0.15, 0.2) is 11.5 Å². The summed E-state index contributed by atoms with van der Waals surface area (Å²) in [7, 11) is 1.57. The van der Waals surface area contributed by atoms with Gasteiger partial charge in [0.1, 0.15) is 18.0 Å². The van der Waals surface area contributed by atoms with Crippen molar-refractivity contribution in [2.45, 2.75) is 32.1 Å². The first-order valence-corrected chi connectivity index (χ1v) is 10.0. The SMILES string of the molecule is COc1cc2ncnc(Nc3ccc(F)cc3)c2cc1OCCCCCCC(=O)NO. The van der Waals surface area contributed by atoms with Crippen molar-refractivity contribution in [3.63, 3.8) is 0 Å². The maximum Gasteiger partial charge on any atom is 0.243 e. The van der Waals surface area contributed by atoms with Gasteiger partial charge in [-0.05, 0) is 43.2 Å². The number of benzene rings is 2. The Kier molecular flexibility index (Phi) is 7.94. The van der Waals surface area contributed by atoms with E-state index in [-0.39, 0.29) is 11.7 Å². The van der Waals surface area contributed by atoms with E-state index in [9.17, 15) is 9.18 Å². The Morgan fingerprint density at radius 2 is 1.84 bits per heavy atom. The van der Waals surface area contributed by atoms with Crippen molar-refractivity contribution >= 4 is 28.3 Å². The van der Waals surface area contributed by atoms with Crippen LogP contribution in [0.25, 0.3) is 10.9 Å². The maximum atomic E-state index is 13.2. The molecule has 3 N–H and O–H groups in total. The number of carbonyl (C=O) groups is 1. The summed E-state index contributed by atoms with van der Waals surface area (Å²) in [6.45, 7) is 0.489. The molecule has 3 rings (SSSR count). The topological polar surface area (TPSA) is 106 Å². The Bertz CT molecular complexity index is 1010. The molecule has 0 fully saturated rings. The predicted molar refractivity (Wildman–Crippen MR) is 114 cm³/mol. The van der Waals surface area contributed by atoms with Gasteiger partial charge in [-0.15, -0.1) is 0 Å². The number of unbranched alkanes of at least 4 members (excludes halogenated alkanes) is 3. The molecule has 1 heterocycles. The first kappa shape index (κ1) is 22.2. The van der Waals surface area contributed by atoms with E-state index in [2.05, 4.69) is 15.3 Å². The molecule has 1 amide bonds. The highest BCUT2D eigenvalue weighted by atomic mass is 19.1. The number of rotatable bonds is 11. The first-order chi connectivity index (χ1) is 15.1. The van der Waals surface area contributed by atoms with Crippen molar-refractivity contribution in [1.82, 2.24) is 15.4 Å². The van der Waals surface area contributed by atoms with Crippen LogP contribution >= 0.6 is 0 Å². The van der Waals surface area contributed by atoms with Crippen molar-refractivity contribution in [2.75, 3.05) is 19.0 Å². The van der Waals surface area contributed by atoms with Crippen LogP contribution in [0, 0.1) is 5.82 Å². The number of carbonyl (C=O) groups excluding carboxylic acids is 1. The molecule has 2 aromatic carbocycles. The summed E-state index contributed by atoms with van der Waals surface area (Å²) in [5.41, 5.74) is 3.02. The summed E-state index contributed by atoms with van der Waals surface area (Å²) < 4.78 is 24.5. The lowest BCUT2D eigenvalue weighted by Crippen LogP contribution is -2.17. The summed E-state index contributed by atoms with van der Waals surface area (Å²) in [5.74, 6) is 1.04. The van der Waals surface area contributed by atoms with E-state index in [4.69, 9.17) is 14.7 Å². The zero-order chi connectivity index (χ0) is 22.1. The van der Waals surface area contributed by atoms with Crippen molar-refractivity contribution < 1.29 is 23.9 Å². The fourth-order valence-corrected chi connectivity index (χ4v) is 3.09. The lowest BCUT2D eigenvalue weighted by molar-refractivity contribution is -0.129. The molecule has 0 atom stereocenters. The molecular weight excluding hydrogens is 403 g/mol. The number of ether oxygens (including phenoxy) is 2. The fourth-order valence-electron chi connectivity index (χ4n) is 3.09. The lowest BCUT2D eigenvalue weighted by Gasteiger charge is -2.14. The van der Waals surface area contributed by atoms with Gasteiger partial charge in [-0.25, -0.2) is 19.8 Å². The summed E-state index contributed by atoms with van der Waals surface area (Å²) in [6, 6.07) is 9.63. The van der Waals surface area contributed by atoms with E-state index in [1.54, 1.807) is 30.8 Å². The number of hydrogen-bond acceptors (Lipinski definition) is 7. The number of aromatic nitrogens is 2. The fraction of sp³-hybridized carbons (Fsp3) is 0.318. The monoisotopic (exact) mass is 428 g/mol. The Balaban J connectivity index is 1.66. The quantitative estimate of drug-likeness (QED) is 0.237. The van der Waals surface area contributed by atoms with E-state index >= 15 is 0 Å². The molecule has 0 bridgehead atoms. The minimum Gasteiger partial charge on any atom is -0.493 e. The third-order valence-corrected chi connectivity index (χ3v) is 4.71. The number of halogens is 1. The predicted octanol–water partition coefficient (Wildman–Crippen LogP) is 4.36. The molecule has 164 valence electrons. The molecule has 0 radical (unpaired) electrons. The molecule has 0 aliphatic rings. The number of nitrogens with zero attached hydrogens (tertiary/aromatic N) is 2. The second-order valence-corrected chi connectivity index (χ2v) is 6.92. The van der Waals surface area contributed by atoms with Gasteiger partial charge in [0.05, 0.1) is 19.2 Å². The molecule has 9 heteroatoms. The van der Waals surface area contributed by atoms with Gasteiger partial charge < -0.3 is 14.8 Å². The average molecular weight is 428 g/mol. The second-order valence-electron chi connectivity index (χ2n) is 6.92. The summed E-state index contributed by atoms with van der Waals surface area (Å²) in [5, 5.41) is 12.4. The minimum atomic E-state index is -0.371. The molecule has 1 aromatic heterocycles. The number of hydroxylamine groups is 1. The Hall–Kier alpha value is -3.46. The van der Waals surface area contributed by atoms with E-state index in [0.717, 1.165) is 24.6 Å². The minimum absolute atomic E-state index is 0.305. The van der Waals surface area contributed by atoms with Crippen LogP contribution in [0.2, 0.25) is 0 Å². The van der Waals surface area contributed by atoms with Gasteiger partial charge >= 0.3 is 0 Å². The normalized spacial score (nSPS) is 10.7. The number of anilines is 2. The van der Waals surface area contributed by atoms with Crippen molar-refractivity contribution in [2.24, 2.45) is 0 Å². The number of methoxy groups -OCH3 is 1. The molecule has 31 heavy (non-hydrogen) atoms. The smallest absolute Gasteiger partial charge is 0.243 e. The van der Waals surface area contributed by atoms with Crippen LogP contribution in [0.4, 0.5) is 15.9 Å². The third kappa shape index (κ3) is 6.26. The van der Waals surface area contributed by atoms with Gasteiger partial charge in [0, 0.05) is 23.6 Å². The van der Waals surface area contributed by atoms with Crippen LogP contribution in [0.5, 0.6) is 11.5 Å². The van der Waals surface area contributed by atoms with Crippen LogP contribution in [0.15, 0.2) is 42.7 Å². The van der Waals surface area contributed by atoms with Gasteiger partial charge in [0.2, 0.25) is 5.91 Å². The maximum absolute atomic E-state index is 13.2. The van der Waals surface area contributed by atoms with E-state index in [1.807, 2.05) is 6.07 Å².